The fourth-order valence-corrected chi connectivity index (χ4v) is 4.79. The Morgan fingerprint density at radius 2 is 1.89 bits per heavy atom. The van der Waals surface area contributed by atoms with Crippen molar-refractivity contribution in [3.63, 3.8) is 0 Å². The van der Waals surface area contributed by atoms with E-state index in [-0.39, 0.29) is 17.7 Å². The number of hydrogen-bond acceptors (Lipinski definition) is 4. The Kier molecular flexibility index (Phi) is 4.14. The predicted octanol–water partition coefficient (Wildman–Crippen LogP) is 2.80. The van der Waals surface area contributed by atoms with Gasteiger partial charge in [0.25, 0.3) is 0 Å². The van der Waals surface area contributed by atoms with Crippen molar-refractivity contribution in [2.24, 2.45) is 0 Å². The third kappa shape index (κ3) is 2.82. The van der Waals surface area contributed by atoms with Gasteiger partial charge in [0.15, 0.2) is 5.72 Å². The second-order valence-corrected chi connectivity index (χ2v) is 7.56. The van der Waals surface area contributed by atoms with Crippen LogP contribution in [0.15, 0.2) is 54.6 Å². The van der Waals surface area contributed by atoms with E-state index in [9.17, 15) is 4.79 Å². The minimum absolute atomic E-state index is 0.148. The molecule has 0 bridgehead atoms. The van der Waals surface area contributed by atoms with Crippen molar-refractivity contribution in [2.45, 2.75) is 37.8 Å². The Morgan fingerprint density at radius 3 is 2.78 bits per heavy atom. The summed E-state index contributed by atoms with van der Waals surface area (Å²) in [5.74, 6) is 1.15. The zero-order valence-electron chi connectivity index (χ0n) is 15.3. The van der Waals surface area contributed by atoms with Gasteiger partial charge in [-0.15, -0.1) is 0 Å². The second kappa shape index (κ2) is 6.66. The van der Waals surface area contributed by atoms with E-state index >= 15 is 0 Å². The maximum Gasteiger partial charge on any atom is 0.226 e. The number of benzene rings is 2. The first-order valence-electron chi connectivity index (χ1n) is 9.69. The van der Waals surface area contributed by atoms with E-state index in [0.717, 1.165) is 42.9 Å². The molecule has 27 heavy (non-hydrogen) atoms. The summed E-state index contributed by atoms with van der Waals surface area (Å²) < 4.78 is 12.2. The molecule has 0 saturated carbocycles. The number of ether oxygens (including phenoxy) is 2. The van der Waals surface area contributed by atoms with Crippen molar-refractivity contribution >= 4 is 5.91 Å². The molecule has 0 radical (unpaired) electrons. The van der Waals surface area contributed by atoms with Gasteiger partial charge < -0.3 is 14.4 Å². The molecule has 5 nitrogen and oxygen atoms in total. The van der Waals surface area contributed by atoms with Crippen molar-refractivity contribution in [3.05, 3.63) is 65.7 Å². The maximum atomic E-state index is 12.4. The molecule has 3 saturated heterocycles. The Balaban J connectivity index is 1.32. The lowest BCUT2D eigenvalue weighted by Crippen LogP contribution is -2.47. The van der Waals surface area contributed by atoms with Gasteiger partial charge in [-0.1, -0.05) is 48.5 Å². The van der Waals surface area contributed by atoms with Crippen molar-refractivity contribution in [3.8, 4) is 5.75 Å². The van der Waals surface area contributed by atoms with Crippen LogP contribution in [0.25, 0.3) is 0 Å². The number of amides is 1. The molecule has 0 aromatic heterocycles. The van der Waals surface area contributed by atoms with Gasteiger partial charge in [0, 0.05) is 38.0 Å². The predicted molar refractivity (Wildman–Crippen MR) is 101 cm³/mol. The molecule has 3 aliphatic heterocycles. The van der Waals surface area contributed by atoms with E-state index in [0.29, 0.717) is 19.6 Å². The number of hydrogen-bond donors (Lipinski definition) is 0. The number of rotatable bonds is 5. The summed E-state index contributed by atoms with van der Waals surface area (Å²) in [6, 6.07) is 18.6. The quantitative estimate of drug-likeness (QED) is 0.818. The molecule has 1 spiro atoms. The van der Waals surface area contributed by atoms with Crippen LogP contribution in [0.4, 0.5) is 0 Å². The molecular formula is C22H24N2O3. The highest BCUT2D eigenvalue weighted by Crippen LogP contribution is 2.46. The van der Waals surface area contributed by atoms with Crippen LogP contribution in [0.1, 0.15) is 24.0 Å². The second-order valence-electron chi connectivity index (χ2n) is 7.56. The van der Waals surface area contributed by atoms with E-state index in [1.807, 2.05) is 35.2 Å². The molecular weight excluding hydrogens is 340 g/mol. The zero-order chi connectivity index (χ0) is 18.3. The Bertz CT molecular complexity index is 840. The lowest BCUT2D eigenvalue weighted by molar-refractivity contribution is -0.136. The number of nitrogens with zero attached hydrogens (tertiary/aromatic N) is 2. The summed E-state index contributed by atoms with van der Waals surface area (Å²) in [5.41, 5.74) is 1.94. The molecule has 2 aromatic rings. The molecule has 1 amide bonds. The number of carbonyl (C=O) groups excluding carboxylic acids is 1. The minimum Gasteiger partial charge on any atom is -0.489 e. The zero-order valence-corrected chi connectivity index (χ0v) is 15.3. The first-order chi connectivity index (χ1) is 13.3. The fraction of sp³-hybridized carbons (Fsp3) is 0.409. The van der Waals surface area contributed by atoms with E-state index in [4.69, 9.17) is 9.47 Å². The standard InChI is InChI=1S/C22H24N2O3/c25-21-14-20-22(24(21)12-13-27-22)10-11-23(20)15-18-8-4-5-9-19(18)26-16-17-6-2-1-3-7-17/h1-9,20H,10-16H2/t20-,22+/m1/s1. The molecule has 3 aliphatic rings. The summed E-state index contributed by atoms with van der Waals surface area (Å²) in [6.07, 6.45) is 1.46. The third-order valence-corrected chi connectivity index (χ3v) is 6.09. The van der Waals surface area contributed by atoms with Gasteiger partial charge in [-0.3, -0.25) is 9.69 Å². The average Bonchev–Trinajstić information content (AvgIpc) is 3.34. The van der Waals surface area contributed by atoms with Crippen molar-refractivity contribution < 1.29 is 14.3 Å². The van der Waals surface area contributed by atoms with Crippen LogP contribution in [0.2, 0.25) is 0 Å². The molecule has 5 heteroatoms. The molecule has 2 aromatic carbocycles. The summed E-state index contributed by atoms with van der Waals surface area (Å²) in [5, 5.41) is 0. The molecule has 2 atom stereocenters. The fourth-order valence-electron chi connectivity index (χ4n) is 4.79. The van der Waals surface area contributed by atoms with Gasteiger partial charge in [0.1, 0.15) is 12.4 Å². The first kappa shape index (κ1) is 16.8. The van der Waals surface area contributed by atoms with Crippen LogP contribution in [-0.2, 0) is 22.7 Å². The number of carbonyl (C=O) groups is 1. The third-order valence-electron chi connectivity index (χ3n) is 6.09. The van der Waals surface area contributed by atoms with Gasteiger partial charge in [0.05, 0.1) is 12.6 Å². The molecule has 0 unspecified atom stereocenters. The van der Waals surface area contributed by atoms with Gasteiger partial charge in [-0.25, -0.2) is 0 Å². The van der Waals surface area contributed by atoms with Gasteiger partial charge in [-0.05, 0) is 11.6 Å². The highest BCUT2D eigenvalue weighted by Gasteiger charge is 2.61. The van der Waals surface area contributed by atoms with Crippen LogP contribution in [-0.4, -0.2) is 47.2 Å². The summed E-state index contributed by atoms with van der Waals surface area (Å²) in [4.78, 5) is 16.7. The lowest BCUT2D eigenvalue weighted by atomic mass is 10.1. The summed E-state index contributed by atoms with van der Waals surface area (Å²) >= 11 is 0. The Morgan fingerprint density at radius 1 is 1.07 bits per heavy atom. The van der Waals surface area contributed by atoms with Crippen LogP contribution in [0, 0.1) is 0 Å². The lowest BCUT2D eigenvalue weighted by Gasteiger charge is -2.31. The van der Waals surface area contributed by atoms with Crippen LogP contribution in [0.3, 0.4) is 0 Å². The maximum absolute atomic E-state index is 12.4. The van der Waals surface area contributed by atoms with Crippen LogP contribution < -0.4 is 4.74 Å². The molecule has 140 valence electrons. The highest BCUT2D eigenvalue weighted by atomic mass is 16.5. The molecule has 5 rings (SSSR count). The highest BCUT2D eigenvalue weighted by molar-refractivity contribution is 5.81. The van der Waals surface area contributed by atoms with E-state index in [2.05, 4.69) is 29.2 Å². The monoisotopic (exact) mass is 364 g/mol. The van der Waals surface area contributed by atoms with Crippen molar-refractivity contribution in [2.75, 3.05) is 19.7 Å². The summed E-state index contributed by atoms with van der Waals surface area (Å²) in [6.45, 7) is 3.68. The summed E-state index contributed by atoms with van der Waals surface area (Å²) in [7, 11) is 0. The van der Waals surface area contributed by atoms with E-state index in [1.54, 1.807) is 0 Å². The van der Waals surface area contributed by atoms with Gasteiger partial charge >= 0.3 is 0 Å². The van der Waals surface area contributed by atoms with Crippen LogP contribution >= 0.6 is 0 Å². The van der Waals surface area contributed by atoms with Crippen LogP contribution in [0.5, 0.6) is 5.75 Å². The van der Waals surface area contributed by atoms with Crippen molar-refractivity contribution in [1.29, 1.82) is 0 Å². The van der Waals surface area contributed by atoms with Crippen molar-refractivity contribution in [1.82, 2.24) is 9.80 Å². The number of likely N-dealkylation sites (tertiary alicyclic amines) is 1. The normalized spacial score (nSPS) is 27.0. The van der Waals surface area contributed by atoms with E-state index < -0.39 is 0 Å². The number of para-hydroxylation sites is 1. The molecule has 3 fully saturated rings. The average molecular weight is 364 g/mol. The Labute approximate surface area is 159 Å². The van der Waals surface area contributed by atoms with E-state index in [1.165, 1.54) is 0 Å². The molecule has 0 aliphatic carbocycles. The molecule has 3 heterocycles. The molecule has 0 N–H and O–H groups in total. The van der Waals surface area contributed by atoms with Gasteiger partial charge in [-0.2, -0.15) is 0 Å². The largest absolute Gasteiger partial charge is 0.489 e. The van der Waals surface area contributed by atoms with Gasteiger partial charge in [0.2, 0.25) is 5.91 Å². The Hall–Kier alpha value is -2.37. The topological polar surface area (TPSA) is 42.0 Å². The first-order valence-corrected chi connectivity index (χ1v) is 9.69. The smallest absolute Gasteiger partial charge is 0.226 e. The minimum atomic E-state index is -0.378. The SMILES string of the molecule is O=C1C[C@H]2N(Cc3ccccc3OCc3ccccc3)CC[C@]23OCCN13.